The van der Waals surface area contributed by atoms with Crippen LogP contribution >= 0.6 is 0 Å². The molecule has 0 bridgehead atoms. The number of carboxylic acids is 1. The van der Waals surface area contributed by atoms with E-state index in [1.54, 1.807) is 6.07 Å². The fourth-order valence-corrected chi connectivity index (χ4v) is 3.27. The van der Waals surface area contributed by atoms with Crippen LogP contribution in [0, 0.1) is 5.92 Å². The molecule has 1 fully saturated rings. The summed E-state index contributed by atoms with van der Waals surface area (Å²) in [5, 5.41) is 13.0. The average molecular weight is 312 g/mol. The fraction of sp³-hybridized carbons (Fsp3) is 0.389. The molecule has 1 heterocycles. The molecule has 0 spiro atoms. The number of hydrogen-bond donors (Lipinski definition) is 2. The number of carbonyl (C=O) groups is 2. The molecular formula is C18H20N2O3. The number of hydrogen-bond acceptors (Lipinski definition) is 3. The maximum atomic E-state index is 12.4. The Hall–Kier alpha value is -2.43. The van der Waals surface area contributed by atoms with Crippen LogP contribution in [-0.2, 0) is 4.79 Å². The van der Waals surface area contributed by atoms with E-state index < -0.39 is 12.0 Å². The third kappa shape index (κ3) is 3.50. The molecule has 0 radical (unpaired) electrons. The van der Waals surface area contributed by atoms with Crippen LogP contribution in [0.25, 0.3) is 10.9 Å². The van der Waals surface area contributed by atoms with Crippen LogP contribution in [0.4, 0.5) is 0 Å². The Morgan fingerprint density at radius 3 is 2.65 bits per heavy atom. The van der Waals surface area contributed by atoms with Gasteiger partial charge in [0, 0.05) is 11.6 Å². The topological polar surface area (TPSA) is 79.3 Å². The second-order valence-corrected chi connectivity index (χ2v) is 6.10. The summed E-state index contributed by atoms with van der Waals surface area (Å²) < 4.78 is 0. The number of carbonyl (C=O) groups excluding carboxylic acids is 1. The molecule has 2 aromatic rings. The van der Waals surface area contributed by atoms with E-state index in [4.69, 9.17) is 0 Å². The van der Waals surface area contributed by atoms with Gasteiger partial charge in [-0.05, 0) is 30.9 Å². The van der Waals surface area contributed by atoms with Crippen LogP contribution in [0.5, 0.6) is 0 Å². The number of carboxylic acid groups (broad SMARTS) is 1. The van der Waals surface area contributed by atoms with Gasteiger partial charge in [-0.15, -0.1) is 0 Å². The zero-order valence-corrected chi connectivity index (χ0v) is 12.9. The number of amides is 1. The standard InChI is InChI=1S/C18H20N2O3/c21-17(14-10-13-8-4-5-9-15(13)19-11-14)20-16(18(22)23)12-6-2-1-3-7-12/h4-5,8-12,16H,1-3,6-7H2,(H,20,21)(H,22,23)/t16-/m1/s1. The summed E-state index contributed by atoms with van der Waals surface area (Å²) in [4.78, 5) is 28.2. The van der Waals surface area contributed by atoms with Crippen LogP contribution in [0.3, 0.4) is 0 Å². The number of nitrogens with zero attached hydrogens (tertiary/aromatic N) is 1. The number of benzene rings is 1. The number of rotatable bonds is 4. The van der Waals surface area contributed by atoms with Gasteiger partial charge in [0.25, 0.3) is 5.91 Å². The first-order valence-electron chi connectivity index (χ1n) is 8.03. The lowest BCUT2D eigenvalue weighted by Gasteiger charge is -2.28. The lowest BCUT2D eigenvalue weighted by Crippen LogP contribution is -2.46. The smallest absolute Gasteiger partial charge is 0.326 e. The maximum absolute atomic E-state index is 12.4. The highest BCUT2D eigenvalue weighted by atomic mass is 16.4. The van der Waals surface area contributed by atoms with Crippen molar-refractivity contribution in [1.82, 2.24) is 10.3 Å². The van der Waals surface area contributed by atoms with E-state index in [1.807, 2.05) is 24.3 Å². The van der Waals surface area contributed by atoms with Crippen LogP contribution in [0.1, 0.15) is 42.5 Å². The highest BCUT2D eigenvalue weighted by Crippen LogP contribution is 2.27. The quantitative estimate of drug-likeness (QED) is 0.909. The molecule has 1 aliphatic rings. The van der Waals surface area contributed by atoms with Gasteiger partial charge in [0.2, 0.25) is 0 Å². The van der Waals surface area contributed by atoms with Crippen molar-refractivity contribution >= 4 is 22.8 Å². The van der Waals surface area contributed by atoms with Gasteiger partial charge in [-0.1, -0.05) is 37.5 Å². The third-order valence-corrected chi connectivity index (χ3v) is 4.53. The molecule has 1 saturated carbocycles. The lowest BCUT2D eigenvalue weighted by molar-refractivity contribution is -0.141. The predicted octanol–water partition coefficient (Wildman–Crippen LogP) is 3.00. The molecule has 5 nitrogen and oxygen atoms in total. The Morgan fingerprint density at radius 1 is 1.17 bits per heavy atom. The minimum absolute atomic E-state index is 0.0126. The lowest BCUT2D eigenvalue weighted by atomic mass is 9.84. The number of aromatic nitrogens is 1. The zero-order chi connectivity index (χ0) is 16.2. The van der Waals surface area contributed by atoms with Crippen LogP contribution < -0.4 is 5.32 Å². The molecule has 23 heavy (non-hydrogen) atoms. The molecule has 1 aromatic heterocycles. The third-order valence-electron chi connectivity index (χ3n) is 4.53. The van der Waals surface area contributed by atoms with Crippen molar-refractivity contribution < 1.29 is 14.7 Å². The molecular weight excluding hydrogens is 292 g/mol. The second-order valence-electron chi connectivity index (χ2n) is 6.10. The molecule has 1 atom stereocenters. The summed E-state index contributed by atoms with van der Waals surface area (Å²) in [6, 6.07) is 8.45. The van der Waals surface area contributed by atoms with Gasteiger partial charge in [0.1, 0.15) is 6.04 Å². The monoisotopic (exact) mass is 312 g/mol. The molecule has 1 aliphatic carbocycles. The summed E-state index contributed by atoms with van der Waals surface area (Å²) in [6.07, 6.45) is 6.41. The molecule has 1 amide bonds. The van der Waals surface area contributed by atoms with Gasteiger partial charge in [-0.2, -0.15) is 0 Å². The van der Waals surface area contributed by atoms with Crippen molar-refractivity contribution in [2.24, 2.45) is 5.92 Å². The van der Waals surface area contributed by atoms with Gasteiger partial charge < -0.3 is 10.4 Å². The highest BCUT2D eigenvalue weighted by molar-refractivity contribution is 5.99. The Morgan fingerprint density at radius 2 is 1.91 bits per heavy atom. The van der Waals surface area contributed by atoms with Gasteiger partial charge >= 0.3 is 5.97 Å². The van der Waals surface area contributed by atoms with Crippen LogP contribution in [0.2, 0.25) is 0 Å². The fourth-order valence-electron chi connectivity index (χ4n) is 3.27. The van der Waals surface area contributed by atoms with Crippen molar-refractivity contribution in [2.75, 3.05) is 0 Å². The van der Waals surface area contributed by atoms with Crippen LogP contribution in [0.15, 0.2) is 36.5 Å². The van der Waals surface area contributed by atoms with Gasteiger partial charge in [-0.3, -0.25) is 9.78 Å². The Balaban J connectivity index is 1.78. The van der Waals surface area contributed by atoms with E-state index in [2.05, 4.69) is 10.3 Å². The van der Waals surface area contributed by atoms with E-state index in [0.717, 1.165) is 43.0 Å². The van der Waals surface area contributed by atoms with Crippen molar-refractivity contribution in [3.63, 3.8) is 0 Å². The predicted molar refractivity (Wildman–Crippen MR) is 87.2 cm³/mol. The Labute approximate surface area is 134 Å². The van der Waals surface area contributed by atoms with Crippen molar-refractivity contribution in [3.8, 4) is 0 Å². The van der Waals surface area contributed by atoms with Crippen molar-refractivity contribution in [2.45, 2.75) is 38.1 Å². The summed E-state index contributed by atoms with van der Waals surface area (Å²) in [5.74, 6) is -1.32. The second kappa shape index (κ2) is 6.77. The normalized spacial score (nSPS) is 16.9. The summed E-state index contributed by atoms with van der Waals surface area (Å²) in [7, 11) is 0. The van der Waals surface area contributed by atoms with E-state index in [-0.39, 0.29) is 11.8 Å². The molecule has 3 rings (SSSR count). The van der Waals surface area contributed by atoms with E-state index in [0.29, 0.717) is 5.56 Å². The number of pyridine rings is 1. The number of fused-ring (bicyclic) bond motifs is 1. The van der Waals surface area contributed by atoms with E-state index in [1.165, 1.54) is 6.20 Å². The molecule has 1 aromatic carbocycles. The zero-order valence-electron chi connectivity index (χ0n) is 12.9. The summed E-state index contributed by atoms with van der Waals surface area (Å²) in [6.45, 7) is 0. The minimum atomic E-state index is -0.959. The first-order valence-corrected chi connectivity index (χ1v) is 8.03. The number of nitrogens with one attached hydrogen (secondary N) is 1. The molecule has 120 valence electrons. The van der Waals surface area contributed by atoms with Gasteiger partial charge in [0.15, 0.2) is 0 Å². The van der Waals surface area contributed by atoms with Gasteiger partial charge in [0.05, 0.1) is 11.1 Å². The molecule has 0 unspecified atom stereocenters. The SMILES string of the molecule is O=C(N[C@@H](C(=O)O)C1CCCCC1)c1cnc2ccccc2c1. The molecule has 5 heteroatoms. The number of aliphatic carboxylic acids is 1. The number of para-hydroxylation sites is 1. The highest BCUT2D eigenvalue weighted by Gasteiger charge is 2.31. The Bertz CT molecular complexity index is 723. The van der Waals surface area contributed by atoms with E-state index >= 15 is 0 Å². The van der Waals surface area contributed by atoms with Crippen LogP contribution in [-0.4, -0.2) is 28.0 Å². The largest absolute Gasteiger partial charge is 0.480 e. The van der Waals surface area contributed by atoms with Crippen molar-refractivity contribution in [3.05, 3.63) is 42.1 Å². The van der Waals surface area contributed by atoms with Gasteiger partial charge in [-0.25, -0.2) is 4.79 Å². The average Bonchev–Trinajstić information content (AvgIpc) is 2.59. The minimum Gasteiger partial charge on any atom is -0.480 e. The first-order chi connectivity index (χ1) is 11.1. The molecule has 0 aliphatic heterocycles. The van der Waals surface area contributed by atoms with Crippen molar-refractivity contribution in [1.29, 1.82) is 0 Å². The maximum Gasteiger partial charge on any atom is 0.326 e. The Kier molecular flexibility index (Phi) is 4.55. The molecule has 2 N–H and O–H groups in total. The molecule has 0 saturated heterocycles. The summed E-state index contributed by atoms with van der Waals surface area (Å²) in [5.41, 5.74) is 1.21. The van der Waals surface area contributed by atoms with E-state index in [9.17, 15) is 14.7 Å². The summed E-state index contributed by atoms with van der Waals surface area (Å²) >= 11 is 0. The first kappa shape index (κ1) is 15.5.